The highest BCUT2D eigenvalue weighted by atomic mass is 32.2. The summed E-state index contributed by atoms with van der Waals surface area (Å²) >= 11 is 3.03. The van der Waals surface area contributed by atoms with Crippen molar-refractivity contribution in [3.8, 4) is 5.19 Å². The number of ether oxygens (including phenoxy) is 1. The Morgan fingerprint density at radius 1 is 1.30 bits per heavy atom. The van der Waals surface area contributed by atoms with Gasteiger partial charge in [0.15, 0.2) is 0 Å². The lowest BCUT2D eigenvalue weighted by molar-refractivity contribution is -0.0173. The Morgan fingerprint density at radius 2 is 2.13 bits per heavy atom. The van der Waals surface area contributed by atoms with Crippen LogP contribution in [-0.2, 0) is 4.74 Å². The van der Waals surface area contributed by atoms with E-state index in [0.717, 1.165) is 15.5 Å². The lowest BCUT2D eigenvalue weighted by Gasteiger charge is -2.23. The van der Waals surface area contributed by atoms with Crippen molar-refractivity contribution in [2.75, 3.05) is 7.11 Å². The minimum absolute atomic E-state index is 0.0937. The van der Waals surface area contributed by atoms with E-state index in [2.05, 4.69) is 10.2 Å². The van der Waals surface area contributed by atoms with E-state index in [9.17, 15) is 4.79 Å². The summed E-state index contributed by atoms with van der Waals surface area (Å²) in [5, 5.41) is 10.9. The molecule has 0 saturated carbocycles. The molecule has 1 aromatic heterocycles. The number of hydrogen-bond donors (Lipinski definition) is 0. The maximum Gasteiger partial charge on any atom is 0.337 e. The van der Waals surface area contributed by atoms with E-state index >= 15 is 0 Å². The Morgan fingerprint density at radius 3 is 2.83 bits per heavy atom. The van der Waals surface area contributed by atoms with Gasteiger partial charge in [-0.3, -0.25) is 0 Å². The van der Waals surface area contributed by atoms with Gasteiger partial charge in [-0.15, -0.1) is 5.10 Å². The van der Waals surface area contributed by atoms with E-state index in [1.807, 2.05) is 38.2 Å². The lowest BCUT2D eigenvalue weighted by atomic mass is 10.1. The molecule has 0 N–H and O–H groups in total. The zero-order chi connectivity index (χ0) is 16.4. The number of benzene rings is 1. The van der Waals surface area contributed by atoms with Crippen LogP contribution in [0.4, 0.5) is 0 Å². The van der Waals surface area contributed by atoms with Crippen molar-refractivity contribution >= 4 is 29.1 Å². The van der Waals surface area contributed by atoms with Crippen molar-refractivity contribution < 1.29 is 14.4 Å². The van der Waals surface area contributed by atoms with E-state index in [4.69, 9.17) is 9.57 Å². The zero-order valence-corrected chi connectivity index (χ0v) is 14.5. The Kier molecular flexibility index (Phi) is 4.53. The quantitative estimate of drug-likeness (QED) is 0.782. The highest BCUT2D eigenvalue weighted by Crippen LogP contribution is 2.44. The summed E-state index contributed by atoms with van der Waals surface area (Å²) in [5.41, 5.74) is 1.47. The molecule has 2 heterocycles. The van der Waals surface area contributed by atoms with Gasteiger partial charge in [0, 0.05) is 11.1 Å². The first-order valence-corrected chi connectivity index (χ1v) is 8.56. The van der Waals surface area contributed by atoms with Gasteiger partial charge in [0.1, 0.15) is 10.4 Å². The first-order valence-electron chi connectivity index (χ1n) is 6.86. The van der Waals surface area contributed by atoms with Crippen molar-refractivity contribution in [3.05, 3.63) is 51.5 Å². The summed E-state index contributed by atoms with van der Waals surface area (Å²) in [6.45, 7) is 3.89. The number of nitrogens with zero attached hydrogens (tertiary/aromatic N) is 3. The second-order valence-electron chi connectivity index (χ2n) is 4.87. The zero-order valence-electron chi connectivity index (χ0n) is 12.8. The summed E-state index contributed by atoms with van der Waals surface area (Å²) in [6, 6.07) is 7.34. The van der Waals surface area contributed by atoms with Crippen molar-refractivity contribution in [2.24, 2.45) is 0 Å². The number of carbonyl (C=O) groups excluding carboxylic acids is 1. The van der Waals surface area contributed by atoms with Crippen LogP contribution in [0.5, 0.6) is 5.19 Å². The molecule has 1 atom stereocenters. The van der Waals surface area contributed by atoms with Crippen molar-refractivity contribution in [1.82, 2.24) is 15.3 Å². The van der Waals surface area contributed by atoms with Gasteiger partial charge in [-0.1, -0.05) is 40.3 Å². The number of aryl methyl sites for hydroxylation is 1. The molecule has 0 bridgehead atoms. The van der Waals surface area contributed by atoms with Gasteiger partial charge in [0.05, 0.1) is 12.7 Å². The van der Waals surface area contributed by atoms with Gasteiger partial charge < -0.3 is 9.57 Å². The molecule has 0 fully saturated rings. The van der Waals surface area contributed by atoms with E-state index in [1.165, 1.54) is 18.4 Å². The molecule has 0 saturated heterocycles. The lowest BCUT2D eigenvalue weighted by Crippen LogP contribution is -2.22. The number of rotatable bonds is 4. The molecule has 0 radical (unpaired) electrons. The monoisotopic (exact) mass is 349 g/mol. The molecule has 1 unspecified atom stereocenters. The maximum absolute atomic E-state index is 11.7. The van der Waals surface area contributed by atoms with Gasteiger partial charge in [-0.05, 0) is 31.5 Å². The number of thioether (sulfide) groups is 1. The Balaban J connectivity index is 1.84. The summed E-state index contributed by atoms with van der Waals surface area (Å²) < 4.78 is 4.78. The molecule has 0 amide bonds. The minimum Gasteiger partial charge on any atom is -0.465 e. The largest absolute Gasteiger partial charge is 0.465 e. The average molecular weight is 349 g/mol. The van der Waals surface area contributed by atoms with Gasteiger partial charge in [0.2, 0.25) is 0 Å². The van der Waals surface area contributed by atoms with E-state index < -0.39 is 0 Å². The minimum atomic E-state index is -0.355. The van der Waals surface area contributed by atoms with Crippen molar-refractivity contribution in [1.29, 1.82) is 0 Å². The number of aromatic nitrogens is 2. The van der Waals surface area contributed by atoms with Crippen LogP contribution < -0.4 is 4.84 Å². The molecule has 6 nitrogen and oxygen atoms in total. The number of methoxy groups -OCH3 is 1. The molecule has 23 heavy (non-hydrogen) atoms. The predicted molar refractivity (Wildman–Crippen MR) is 89.0 cm³/mol. The molecular weight excluding hydrogens is 334 g/mol. The Labute approximate surface area is 142 Å². The second-order valence-corrected chi connectivity index (χ2v) is 7.34. The average Bonchev–Trinajstić information content (AvgIpc) is 3.12. The number of carbonyl (C=O) groups is 1. The van der Waals surface area contributed by atoms with Crippen LogP contribution in [-0.4, -0.2) is 28.3 Å². The summed E-state index contributed by atoms with van der Waals surface area (Å²) in [4.78, 5) is 18.7. The molecule has 0 spiro atoms. The first-order chi connectivity index (χ1) is 11.1. The summed E-state index contributed by atoms with van der Waals surface area (Å²) in [6.07, 6.45) is 1.91. The topological polar surface area (TPSA) is 64.5 Å². The third-order valence-electron chi connectivity index (χ3n) is 3.12. The fourth-order valence-corrected chi connectivity index (χ4v) is 3.68. The normalized spacial score (nSPS) is 17.1. The van der Waals surface area contributed by atoms with Gasteiger partial charge in [-0.25, -0.2) is 4.79 Å². The SMILES string of the molecule is COC(=O)c1cccc(C2SC(C)=CN2Oc2nnc(C)s2)c1. The van der Waals surface area contributed by atoms with E-state index in [1.54, 1.807) is 22.9 Å². The highest BCUT2D eigenvalue weighted by molar-refractivity contribution is 8.03. The first kappa shape index (κ1) is 15.8. The summed E-state index contributed by atoms with van der Waals surface area (Å²) in [5.74, 6) is -0.355. The van der Waals surface area contributed by atoms with Crippen LogP contribution in [0, 0.1) is 6.92 Å². The molecule has 120 valence electrons. The summed E-state index contributed by atoms with van der Waals surface area (Å²) in [7, 11) is 1.37. The third-order valence-corrected chi connectivity index (χ3v) is 5.01. The Bertz CT molecular complexity index is 760. The van der Waals surface area contributed by atoms with Crippen LogP contribution in [0.2, 0.25) is 0 Å². The maximum atomic E-state index is 11.7. The number of hydrogen-bond acceptors (Lipinski definition) is 8. The van der Waals surface area contributed by atoms with Crippen molar-refractivity contribution in [3.63, 3.8) is 0 Å². The fourth-order valence-electron chi connectivity index (χ4n) is 2.14. The van der Waals surface area contributed by atoms with E-state index in [0.29, 0.717) is 10.8 Å². The van der Waals surface area contributed by atoms with Crippen LogP contribution in [0.15, 0.2) is 35.4 Å². The third kappa shape index (κ3) is 3.48. The van der Waals surface area contributed by atoms with Crippen LogP contribution in [0.3, 0.4) is 0 Å². The predicted octanol–water partition coefficient (Wildman–Crippen LogP) is 3.54. The standard InChI is InChI=1S/C15H15N3O3S2/c1-9-8-18(21-15-17-16-10(2)23-15)13(22-9)11-5-4-6-12(7-11)14(19)20-3/h4-8,13H,1-3H3. The molecule has 8 heteroatoms. The van der Waals surface area contributed by atoms with Gasteiger partial charge in [-0.2, -0.15) is 5.06 Å². The molecular formula is C15H15N3O3S2. The molecule has 3 rings (SSSR count). The van der Waals surface area contributed by atoms with E-state index in [-0.39, 0.29) is 11.3 Å². The molecule has 1 aliphatic rings. The fraction of sp³-hybridized carbons (Fsp3) is 0.267. The van der Waals surface area contributed by atoms with Crippen LogP contribution >= 0.6 is 23.1 Å². The Hall–Kier alpha value is -2.06. The molecule has 2 aromatic rings. The van der Waals surface area contributed by atoms with Gasteiger partial charge in [0.25, 0.3) is 0 Å². The second kappa shape index (κ2) is 6.59. The van der Waals surface area contributed by atoms with Gasteiger partial charge >= 0.3 is 11.2 Å². The smallest absolute Gasteiger partial charge is 0.337 e. The number of esters is 1. The van der Waals surface area contributed by atoms with Crippen LogP contribution in [0.25, 0.3) is 0 Å². The van der Waals surface area contributed by atoms with Crippen molar-refractivity contribution in [2.45, 2.75) is 19.2 Å². The molecule has 1 aromatic carbocycles. The molecule has 0 aliphatic carbocycles. The molecule has 1 aliphatic heterocycles. The highest BCUT2D eigenvalue weighted by Gasteiger charge is 2.28. The number of allylic oxidation sites excluding steroid dienone is 1. The number of hydroxylamine groups is 2. The van der Waals surface area contributed by atoms with Crippen LogP contribution in [0.1, 0.15) is 33.2 Å².